The van der Waals surface area contributed by atoms with Crippen molar-refractivity contribution in [1.29, 1.82) is 0 Å². The van der Waals surface area contributed by atoms with Crippen LogP contribution in [-0.4, -0.2) is 33.7 Å². The molecule has 3 amide bonds. The number of imide groups is 1. The lowest BCUT2D eigenvalue weighted by Crippen LogP contribution is -2.51. The molecule has 100 valence electrons. The van der Waals surface area contributed by atoms with E-state index in [0.717, 1.165) is 6.92 Å². The molecule has 0 saturated carbocycles. The van der Waals surface area contributed by atoms with Gasteiger partial charge in [0, 0.05) is 0 Å². The number of carbonyl (C=O) groups is 3. The van der Waals surface area contributed by atoms with Gasteiger partial charge >= 0.3 is 12.0 Å². The van der Waals surface area contributed by atoms with E-state index >= 15 is 0 Å². The Balaban J connectivity index is 2.22. The van der Waals surface area contributed by atoms with Crippen molar-refractivity contribution in [2.75, 3.05) is 5.43 Å². The average molecular weight is 265 g/mol. The van der Waals surface area contributed by atoms with Crippen LogP contribution in [0.25, 0.3) is 0 Å². The molecule has 0 bridgehead atoms. The number of ether oxygens (including phenoxy) is 1. The smallest absolute Gasteiger partial charge is 0.421 e. The average Bonchev–Trinajstić information content (AvgIpc) is 2.64. The van der Waals surface area contributed by atoms with E-state index in [-0.39, 0.29) is 0 Å². The Hall–Kier alpha value is -2.61. The molecule has 0 spiro atoms. The van der Waals surface area contributed by atoms with Crippen LogP contribution in [0.15, 0.2) is 30.3 Å². The van der Waals surface area contributed by atoms with Gasteiger partial charge in [-0.2, -0.15) is 0 Å². The zero-order valence-electron chi connectivity index (χ0n) is 9.91. The van der Waals surface area contributed by atoms with Crippen molar-refractivity contribution in [2.24, 2.45) is 0 Å². The lowest BCUT2D eigenvalue weighted by Gasteiger charge is -2.17. The highest BCUT2D eigenvalue weighted by Crippen LogP contribution is 2.25. The van der Waals surface area contributed by atoms with Gasteiger partial charge in [0.05, 0.1) is 5.69 Å². The molecule has 1 unspecified atom stereocenters. The number of cyclic esters (lactones) is 1. The second-order valence-electron chi connectivity index (χ2n) is 3.96. The summed E-state index contributed by atoms with van der Waals surface area (Å²) in [6.07, 6.45) is -1.03. The molecule has 19 heavy (non-hydrogen) atoms. The number of carbonyl (C=O) groups excluding carboxylic acids is 3. The molecule has 1 aliphatic rings. The van der Waals surface area contributed by atoms with E-state index in [0.29, 0.717) is 10.7 Å². The molecule has 8 heteroatoms. The van der Waals surface area contributed by atoms with Crippen molar-refractivity contribution in [3.63, 3.8) is 0 Å². The van der Waals surface area contributed by atoms with Gasteiger partial charge < -0.3 is 4.74 Å². The van der Waals surface area contributed by atoms with Gasteiger partial charge in [-0.1, -0.05) is 18.2 Å². The van der Waals surface area contributed by atoms with E-state index in [9.17, 15) is 14.4 Å². The minimum Gasteiger partial charge on any atom is -0.421 e. The van der Waals surface area contributed by atoms with Crippen LogP contribution in [0.4, 0.5) is 10.5 Å². The Morgan fingerprint density at radius 2 is 1.95 bits per heavy atom. The molecular formula is C11H11N3O5. The van der Waals surface area contributed by atoms with Crippen molar-refractivity contribution >= 4 is 23.6 Å². The number of benzene rings is 1. The van der Waals surface area contributed by atoms with Crippen LogP contribution in [0, 0.1) is 0 Å². The van der Waals surface area contributed by atoms with Crippen LogP contribution in [0.3, 0.4) is 0 Å². The van der Waals surface area contributed by atoms with Crippen LogP contribution >= 0.6 is 0 Å². The quantitative estimate of drug-likeness (QED) is 0.411. The van der Waals surface area contributed by atoms with Gasteiger partial charge in [-0.15, -0.1) is 5.01 Å². The van der Waals surface area contributed by atoms with E-state index in [1.807, 2.05) is 0 Å². The van der Waals surface area contributed by atoms with Crippen LogP contribution in [0.5, 0.6) is 0 Å². The number of hydrazine groups is 1. The fourth-order valence-corrected chi connectivity index (χ4v) is 1.55. The second kappa shape index (κ2) is 4.58. The monoisotopic (exact) mass is 265 g/mol. The maximum absolute atomic E-state index is 12.0. The van der Waals surface area contributed by atoms with Gasteiger partial charge in [-0.05, 0) is 19.1 Å². The van der Waals surface area contributed by atoms with E-state index in [1.54, 1.807) is 30.3 Å². The first-order chi connectivity index (χ1) is 8.99. The van der Waals surface area contributed by atoms with Gasteiger partial charge in [0.25, 0.3) is 11.5 Å². The molecule has 1 aromatic carbocycles. The number of anilines is 1. The lowest BCUT2D eigenvalue weighted by molar-refractivity contribution is -0.153. The number of hydrogen-bond acceptors (Lipinski definition) is 6. The second-order valence-corrected chi connectivity index (χ2v) is 3.96. The van der Waals surface area contributed by atoms with Crippen molar-refractivity contribution in [3.05, 3.63) is 30.3 Å². The van der Waals surface area contributed by atoms with Crippen molar-refractivity contribution in [3.8, 4) is 0 Å². The Bertz CT molecular complexity index is 532. The first-order valence-electron chi connectivity index (χ1n) is 5.33. The third-order valence-electron chi connectivity index (χ3n) is 2.63. The van der Waals surface area contributed by atoms with Gasteiger partial charge in [-0.25, -0.2) is 10.3 Å². The summed E-state index contributed by atoms with van der Waals surface area (Å²) in [5.41, 5.74) is 2.20. The van der Waals surface area contributed by atoms with Crippen molar-refractivity contribution in [1.82, 2.24) is 10.5 Å². The Morgan fingerprint density at radius 3 is 2.53 bits per heavy atom. The molecule has 1 fully saturated rings. The fourth-order valence-electron chi connectivity index (χ4n) is 1.55. The summed E-state index contributed by atoms with van der Waals surface area (Å²) in [5.74, 6) is -2.05. The highest BCUT2D eigenvalue weighted by molar-refractivity contribution is 6.16. The normalized spacial score (nSPS) is 22.1. The summed E-state index contributed by atoms with van der Waals surface area (Å²) in [5, 5.41) is 9.13. The number of rotatable bonds is 3. The van der Waals surface area contributed by atoms with Crippen LogP contribution in [-0.2, 0) is 14.3 Å². The first kappa shape index (κ1) is 12.8. The molecule has 1 saturated heterocycles. The molecule has 1 atom stereocenters. The van der Waals surface area contributed by atoms with E-state index < -0.39 is 23.5 Å². The van der Waals surface area contributed by atoms with E-state index in [4.69, 9.17) is 9.94 Å². The van der Waals surface area contributed by atoms with Crippen LogP contribution in [0.2, 0.25) is 0 Å². The van der Waals surface area contributed by atoms with Gasteiger partial charge in [0.1, 0.15) is 0 Å². The summed E-state index contributed by atoms with van der Waals surface area (Å²) in [7, 11) is 0. The molecule has 0 aliphatic carbocycles. The van der Waals surface area contributed by atoms with Gasteiger partial charge in [0.2, 0.25) is 0 Å². The Morgan fingerprint density at radius 1 is 1.32 bits per heavy atom. The molecular weight excluding hydrogens is 254 g/mol. The number of para-hydroxylation sites is 1. The summed E-state index contributed by atoms with van der Waals surface area (Å²) in [6.45, 7) is 1.09. The maximum atomic E-state index is 12.0. The zero-order chi connectivity index (χ0) is 14.0. The SMILES string of the molecule is CC1(C(=O)NO)OC(=O)N(Nc2ccccc2)C1=O. The zero-order valence-corrected chi connectivity index (χ0v) is 9.91. The fraction of sp³-hybridized carbons (Fsp3) is 0.182. The third kappa shape index (κ3) is 2.08. The minimum absolute atomic E-state index is 0.474. The number of hydroxylamine groups is 1. The molecule has 0 radical (unpaired) electrons. The molecule has 2 rings (SSSR count). The van der Waals surface area contributed by atoms with E-state index in [2.05, 4.69) is 5.43 Å². The molecule has 1 aromatic rings. The standard InChI is InChI=1S/C11H11N3O5/c1-11(8(15)13-18)9(16)14(10(17)19-11)12-7-5-3-2-4-6-7/h2-6,12,18H,1H3,(H,13,15). The van der Waals surface area contributed by atoms with Gasteiger partial charge in [0.15, 0.2) is 0 Å². The molecule has 1 aliphatic heterocycles. The number of nitrogens with one attached hydrogen (secondary N) is 2. The Labute approximate surface area is 107 Å². The van der Waals surface area contributed by atoms with E-state index in [1.165, 1.54) is 5.48 Å². The highest BCUT2D eigenvalue weighted by Gasteiger charge is 2.56. The summed E-state index contributed by atoms with van der Waals surface area (Å²) >= 11 is 0. The topological polar surface area (TPSA) is 108 Å². The molecule has 1 heterocycles. The van der Waals surface area contributed by atoms with Crippen LogP contribution in [0.1, 0.15) is 6.92 Å². The van der Waals surface area contributed by atoms with Gasteiger partial charge in [-0.3, -0.25) is 20.2 Å². The molecule has 0 aromatic heterocycles. The van der Waals surface area contributed by atoms with Crippen molar-refractivity contribution < 1.29 is 24.3 Å². The summed E-state index contributed by atoms with van der Waals surface area (Å²) < 4.78 is 4.70. The summed E-state index contributed by atoms with van der Waals surface area (Å²) in [6, 6.07) is 8.42. The maximum Gasteiger partial charge on any atom is 0.437 e. The van der Waals surface area contributed by atoms with Crippen LogP contribution < -0.4 is 10.9 Å². The summed E-state index contributed by atoms with van der Waals surface area (Å²) in [4.78, 5) is 34.9. The lowest BCUT2D eigenvalue weighted by atomic mass is 10.1. The third-order valence-corrected chi connectivity index (χ3v) is 2.63. The number of hydrogen-bond donors (Lipinski definition) is 3. The largest absolute Gasteiger partial charge is 0.437 e. The number of nitrogens with zero attached hydrogens (tertiary/aromatic N) is 1. The predicted octanol–water partition coefficient (Wildman–Crippen LogP) is 0.256. The highest BCUT2D eigenvalue weighted by atomic mass is 16.6. The minimum atomic E-state index is -2.09. The number of amides is 3. The van der Waals surface area contributed by atoms with Crippen molar-refractivity contribution in [2.45, 2.75) is 12.5 Å². The first-order valence-corrected chi connectivity index (χ1v) is 5.33. The molecule has 3 N–H and O–H groups in total. The molecule has 8 nitrogen and oxygen atoms in total. The predicted molar refractivity (Wildman–Crippen MR) is 61.7 cm³/mol. The Kier molecular flexibility index (Phi) is 3.09.